The lowest BCUT2D eigenvalue weighted by molar-refractivity contribution is 0.208. The first kappa shape index (κ1) is 24.8. The Hall–Kier alpha value is -2.87. The van der Waals surface area contributed by atoms with Crippen molar-refractivity contribution in [3.63, 3.8) is 0 Å². The van der Waals surface area contributed by atoms with Gasteiger partial charge in [-0.05, 0) is 68.9 Å². The van der Waals surface area contributed by atoms with Crippen LogP contribution < -0.4 is 15.0 Å². The van der Waals surface area contributed by atoms with Crippen molar-refractivity contribution in [1.29, 1.82) is 0 Å². The predicted octanol–water partition coefficient (Wildman–Crippen LogP) is 6.08. The van der Waals surface area contributed by atoms with E-state index in [1.54, 1.807) is 0 Å². The molecule has 1 aliphatic carbocycles. The average molecular weight is 508 g/mol. The standard InChI is InChI=1S/C28H37N5O2S/c1-17(2)25-30-26(24-22-11-6-19(5)16-23(22)36-27(24)31-25)32-12-14-33(15-13-32)28(34)29-20-7-9-21(10-8-20)35-18(3)4/h7-10,17-19H,6,11-16H2,1-5H3,(H,29,34). The number of thiophene rings is 1. The van der Waals surface area contributed by atoms with Crippen LogP contribution in [0.15, 0.2) is 24.3 Å². The highest BCUT2D eigenvalue weighted by Crippen LogP contribution is 2.41. The smallest absolute Gasteiger partial charge is 0.321 e. The van der Waals surface area contributed by atoms with Crippen LogP contribution in [0.25, 0.3) is 10.2 Å². The van der Waals surface area contributed by atoms with Gasteiger partial charge in [0.2, 0.25) is 0 Å². The third-order valence-electron chi connectivity index (χ3n) is 7.01. The zero-order valence-corrected chi connectivity index (χ0v) is 22.8. The number of fused-ring (bicyclic) bond motifs is 3. The minimum absolute atomic E-state index is 0.0650. The van der Waals surface area contributed by atoms with Gasteiger partial charge in [0.05, 0.1) is 11.5 Å². The molecule has 5 rings (SSSR count). The van der Waals surface area contributed by atoms with E-state index in [1.165, 1.54) is 22.2 Å². The summed E-state index contributed by atoms with van der Waals surface area (Å²) in [5, 5.41) is 4.29. The number of aryl methyl sites for hydroxylation is 1. The van der Waals surface area contributed by atoms with Gasteiger partial charge in [-0.3, -0.25) is 0 Å². The minimum atomic E-state index is -0.0650. The summed E-state index contributed by atoms with van der Waals surface area (Å²) in [5.41, 5.74) is 2.24. The third-order valence-corrected chi connectivity index (χ3v) is 8.16. The topological polar surface area (TPSA) is 70.6 Å². The fourth-order valence-corrected chi connectivity index (χ4v) is 6.42. The predicted molar refractivity (Wildman–Crippen MR) is 148 cm³/mol. The molecule has 7 nitrogen and oxygen atoms in total. The quantitative estimate of drug-likeness (QED) is 0.453. The van der Waals surface area contributed by atoms with Crippen LogP contribution in [0.3, 0.4) is 0 Å². The molecular formula is C28H37N5O2S. The molecule has 3 aromatic rings. The fraction of sp³-hybridized carbons (Fsp3) is 0.536. The lowest BCUT2D eigenvalue weighted by Gasteiger charge is -2.36. The summed E-state index contributed by atoms with van der Waals surface area (Å²) in [4.78, 5) is 29.9. The Balaban J connectivity index is 1.30. The number of hydrogen-bond acceptors (Lipinski definition) is 6. The Kier molecular flexibility index (Phi) is 7.06. The van der Waals surface area contributed by atoms with E-state index in [0.29, 0.717) is 13.1 Å². The summed E-state index contributed by atoms with van der Waals surface area (Å²) >= 11 is 1.86. The van der Waals surface area contributed by atoms with Crippen molar-refractivity contribution in [2.24, 2.45) is 5.92 Å². The maximum atomic E-state index is 13.0. The summed E-state index contributed by atoms with van der Waals surface area (Å²) in [5.74, 6) is 3.78. The van der Waals surface area contributed by atoms with Crippen molar-refractivity contribution in [2.45, 2.75) is 65.9 Å². The normalized spacial score (nSPS) is 18.1. The zero-order valence-electron chi connectivity index (χ0n) is 22.0. The van der Waals surface area contributed by atoms with Gasteiger partial charge in [-0.25, -0.2) is 14.8 Å². The summed E-state index contributed by atoms with van der Waals surface area (Å²) in [7, 11) is 0. The Labute approximate surface area is 217 Å². The minimum Gasteiger partial charge on any atom is -0.491 e. The van der Waals surface area contributed by atoms with E-state index in [9.17, 15) is 4.79 Å². The molecule has 2 amide bonds. The SMILES string of the molecule is CC1CCc2c(sc3nc(C(C)C)nc(N4CCN(C(=O)Nc5ccc(OC(C)C)cc5)CC4)c23)C1. The van der Waals surface area contributed by atoms with E-state index < -0.39 is 0 Å². The molecule has 0 radical (unpaired) electrons. The molecule has 1 fully saturated rings. The van der Waals surface area contributed by atoms with Crippen LogP contribution in [-0.4, -0.2) is 53.2 Å². The van der Waals surface area contributed by atoms with E-state index >= 15 is 0 Å². The van der Waals surface area contributed by atoms with Crippen molar-refractivity contribution in [2.75, 3.05) is 36.4 Å². The molecule has 36 heavy (non-hydrogen) atoms. The molecule has 0 saturated carbocycles. The second-order valence-electron chi connectivity index (χ2n) is 10.7. The second-order valence-corrected chi connectivity index (χ2v) is 11.8. The van der Waals surface area contributed by atoms with Gasteiger partial charge in [-0.2, -0.15) is 0 Å². The van der Waals surface area contributed by atoms with Crippen LogP contribution in [0.2, 0.25) is 0 Å². The fourth-order valence-electron chi connectivity index (χ4n) is 5.04. The average Bonchev–Trinajstić information content (AvgIpc) is 3.21. The highest BCUT2D eigenvalue weighted by molar-refractivity contribution is 7.19. The molecule has 2 aliphatic rings. The lowest BCUT2D eigenvalue weighted by atomic mass is 9.89. The number of benzene rings is 1. The molecule has 192 valence electrons. The number of aromatic nitrogens is 2. The molecule has 1 N–H and O–H groups in total. The number of urea groups is 1. The molecule has 8 heteroatoms. The van der Waals surface area contributed by atoms with Gasteiger partial charge in [-0.15, -0.1) is 11.3 Å². The molecule has 1 saturated heterocycles. The number of carbonyl (C=O) groups excluding carboxylic acids is 1. The maximum Gasteiger partial charge on any atom is 0.321 e. The van der Waals surface area contributed by atoms with Crippen LogP contribution in [0.5, 0.6) is 5.75 Å². The zero-order chi connectivity index (χ0) is 25.4. The molecule has 1 unspecified atom stereocenters. The molecule has 0 spiro atoms. The van der Waals surface area contributed by atoms with Gasteiger partial charge in [0.1, 0.15) is 22.2 Å². The number of anilines is 2. The largest absolute Gasteiger partial charge is 0.491 e. The third kappa shape index (κ3) is 5.14. The molecule has 1 aromatic carbocycles. The summed E-state index contributed by atoms with van der Waals surface area (Å²) in [6.07, 6.45) is 3.60. The first-order chi connectivity index (χ1) is 17.3. The molecular weight excluding hydrogens is 470 g/mol. The first-order valence-electron chi connectivity index (χ1n) is 13.2. The number of carbonyl (C=O) groups is 1. The van der Waals surface area contributed by atoms with Gasteiger partial charge < -0.3 is 19.9 Å². The van der Waals surface area contributed by atoms with E-state index in [4.69, 9.17) is 14.7 Å². The Morgan fingerprint density at radius 1 is 1.08 bits per heavy atom. The Morgan fingerprint density at radius 2 is 1.81 bits per heavy atom. The highest BCUT2D eigenvalue weighted by atomic mass is 32.1. The van der Waals surface area contributed by atoms with Crippen molar-refractivity contribution in [3.05, 3.63) is 40.5 Å². The molecule has 2 aromatic heterocycles. The van der Waals surface area contributed by atoms with Gasteiger partial charge >= 0.3 is 6.03 Å². The van der Waals surface area contributed by atoms with Crippen molar-refractivity contribution >= 4 is 39.1 Å². The second kappa shape index (κ2) is 10.2. The summed E-state index contributed by atoms with van der Waals surface area (Å²) in [6, 6.07) is 7.49. The van der Waals surface area contributed by atoms with Crippen molar-refractivity contribution in [3.8, 4) is 5.75 Å². The van der Waals surface area contributed by atoms with E-state index in [-0.39, 0.29) is 18.1 Å². The Morgan fingerprint density at radius 3 is 2.47 bits per heavy atom. The monoisotopic (exact) mass is 507 g/mol. The Bertz CT molecular complexity index is 1230. The molecule has 3 heterocycles. The number of amides is 2. The highest BCUT2D eigenvalue weighted by Gasteiger charge is 2.29. The van der Waals surface area contributed by atoms with Crippen LogP contribution in [0.4, 0.5) is 16.3 Å². The van der Waals surface area contributed by atoms with Crippen LogP contribution in [-0.2, 0) is 12.8 Å². The van der Waals surface area contributed by atoms with E-state index in [1.807, 2.05) is 54.3 Å². The van der Waals surface area contributed by atoms with Crippen LogP contribution in [0, 0.1) is 5.92 Å². The molecule has 0 bridgehead atoms. The van der Waals surface area contributed by atoms with Crippen LogP contribution >= 0.6 is 11.3 Å². The van der Waals surface area contributed by atoms with E-state index in [2.05, 4.69) is 31.0 Å². The van der Waals surface area contributed by atoms with Gasteiger partial charge in [0, 0.05) is 42.7 Å². The number of rotatable bonds is 5. The number of piperazine rings is 1. The maximum absolute atomic E-state index is 13.0. The molecule has 1 atom stereocenters. The first-order valence-corrected chi connectivity index (χ1v) is 14.0. The van der Waals surface area contributed by atoms with Crippen molar-refractivity contribution < 1.29 is 9.53 Å². The molecule has 1 aliphatic heterocycles. The summed E-state index contributed by atoms with van der Waals surface area (Å²) in [6.45, 7) is 13.5. The number of nitrogens with one attached hydrogen (secondary N) is 1. The van der Waals surface area contributed by atoms with Crippen molar-refractivity contribution in [1.82, 2.24) is 14.9 Å². The number of nitrogens with zero attached hydrogens (tertiary/aromatic N) is 4. The van der Waals surface area contributed by atoms with Crippen LogP contribution in [0.1, 0.15) is 63.2 Å². The lowest BCUT2D eigenvalue weighted by Crippen LogP contribution is -2.50. The van der Waals surface area contributed by atoms with Gasteiger partial charge in [-0.1, -0.05) is 20.8 Å². The number of hydrogen-bond donors (Lipinski definition) is 1. The summed E-state index contributed by atoms with van der Waals surface area (Å²) < 4.78 is 5.69. The van der Waals surface area contributed by atoms with E-state index in [0.717, 1.165) is 59.8 Å². The number of ether oxygens (including phenoxy) is 1. The van der Waals surface area contributed by atoms with Gasteiger partial charge in [0.25, 0.3) is 0 Å². The van der Waals surface area contributed by atoms with Gasteiger partial charge in [0.15, 0.2) is 0 Å².